The Kier molecular flexibility index (Phi) is 9.13. The molecule has 23 heteroatoms. The molecule has 1 amide bonds. The minimum absolute atomic E-state index is 0.0363. The summed E-state index contributed by atoms with van der Waals surface area (Å²) in [5, 5.41) is 41.5. The van der Waals surface area contributed by atoms with Crippen LogP contribution < -0.4 is 25.8 Å². The van der Waals surface area contributed by atoms with Crippen LogP contribution in [-0.4, -0.2) is 95.7 Å². The Morgan fingerprint density at radius 3 is 2.30 bits per heavy atom. The summed E-state index contributed by atoms with van der Waals surface area (Å²) < 4.78 is 51.1. The molecule has 3 aromatic rings. The Labute approximate surface area is 246 Å². The molecule has 5 rings (SSSR count). The van der Waals surface area contributed by atoms with Crippen LogP contribution in [0.2, 0.25) is 0 Å². The van der Waals surface area contributed by atoms with Gasteiger partial charge in [0.1, 0.15) is 47.9 Å². The van der Waals surface area contributed by atoms with Gasteiger partial charge in [-0.05, 0) is 6.07 Å². The van der Waals surface area contributed by atoms with Crippen molar-refractivity contribution >= 4 is 38.5 Å². The number of rotatable bonds is 11. The molecule has 2 fully saturated rings. The van der Waals surface area contributed by atoms with Crippen molar-refractivity contribution in [2.24, 2.45) is 5.73 Å². The van der Waals surface area contributed by atoms with Crippen LogP contribution in [0.15, 0.2) is 37.2 Å². The first-order valence-corrected chi connectivity index (χ1v) is 15.5. The van der Waals surface area contributed by atoms with E-state index < -0.39 is 83.8 Å². The van der Waals surface area contributed by atoms with E-state index in [-0.39, 0.29) is 22.5 Å². The van der Waals surface area contributed by atoms with E-state index in [1.54, 1.807) is 0 Å². The number of imidazole rings is 1. The zero-order valence-corrected chi connectivity index (χ0v) is 23.9. The Balaban J connectivity index is 1.16. The predicted molar refractivity (Wildman–Crippen MR) is 135 cm³/mol. The number of phosphoric acid groups is 2. The molecule has 0 aromatic carbocycles. The molecule has 0 radical (unpaired) electrons. The number of pyridine rings is 1. The molecule has 2 aliphatic heterocycles. The molecule has 2 unspecified atom stereocenters. The first-order valence-electron chi connectivity index (χ1n) is 12.6. The van der Waals surface area contributed by atoms with Crippen molar-refractivity contribution in [1.29, 1.82) is 0 Å². The number of nitrogens with two attached hydrogens (primary N) is 2. The second-order valence-corrected chi connectivity index (χ2v) is 12.6. The number of ether oxygens (including phenoxy) is 2. The fourth-order valence-electron chi connectivity index (χ4n) is 4.56. The molecule has 0 spiro atoms. The molecule has 240 valence electrons. The maximum atomic E-state index is 12.3. The lowest BCUT2D eigenvalue weighted by atomic mass is 10.1. The smallest absolute Gasteiger partial charge is 0.292 e. The molecule has 0 bridgehead atoms. The van der Waals surface area contributed by atoms with E-state index in [9.17, 15) is 44.1 Å². The summed E-state index contributed by atoms with van der Waals surface area (Å²) in [5.74, 6) is -0.743. The maximum absolute atomic E-state index is 12.3. The van der Waals surface area contributed by atoms with Gasteiger partial charge in [-0.15, -0.1) is 0 Å². The van der Waals surface area contributed by atoms with E-state index in [2.05, 4.69) is 28.3 Å². The van der Waals surface area contributed by atoms with Crippen molar-refractivity contribution in [1.82, 2.24) is 19.5 Å². The van der Waals surface area contributed by atoms with Gasteiger partial charge in [0.2, 0.25) is 0 Å². The Morgan fingerprint density at radius 2 is 1.64 bits per heavy atom. The molecule has 3 aromatic heterocycles. The van der Waals surface area contributed by atoms with E-state index in [1.165, 1.54) is 40.0 Å². The van der Waals surface area contributed by atoms with Gasteiger partial charge < -0.3 is 60.2 Å². The number of primary amides is 1. The van der Waals surface area contributed by atoms with Crippen molar-refractivity contribution in [2.45, 2.75) is 49.1 Å². The first-order chi connectivity index (χ1) is 20.7. The van der Waals surface area contributed by atoms with Crippen LogP contribution in [-0.2, 0) is 32.0 Å². The van der Waals surface area contributed by atoms with Gasteiger partial charge in [0, 0.05) is 6.07 Å². The number of aliphatic hydroxyl groups excluding tert-OH is 4. The normalized spacial score (nSPS) is 31.6. The first kappa shape index (κ1) is 32.4. The number of carbonyl (C=O) groups is 1. The lowest BCUT2D eigenvalue weighted by Gasteiger charge is -2.31. The molecule has 0 saturated carbocycles. The maximum Gasteiger partial charge on any atom is 0.292 e. The third kappa shape index (κ3) is 6.65. The summed E-state index contributed by atoms with van der Waals surface area (Å²) in [4.78, 5) is 47.8. The van der Waals surface area contributed by atoms with E-state index in [4.69, 9.17) is 20.9 Å². The van der Waals surface area contributed by atoms with E-state index in [0.717, 1.165) is 6.33 Å². The van der Waals surface area contributed by atoms with Crippen LogP contribution in [0, 0.1) is 0 Å². The summed E-state index contributed by atoms with van der Waals surface area (Å²) in [6.45, 7) is -1.98. The highest BCUT2D eigenvalue weighted by Gasteiger charge is 2.49. The Morgan fingerprint density at radius 1 is 1.00 bits per heavy atom. The lowest BCUT2D eigenvalue weighted by molar-refractivity contribution is -0.765. The van der Waals surface area contributed by atoms with Crippen LogP contribution in [0.1, 0.15) is 22.8 Å². The minimum Gasteiger partial charge on any atom is -0.756 e. The number of aromatic nitrogens is 5. The second-order valence-electron chi connectivity index (χ2n) is 9.65. The van der Waals surface area contributed by atoms with E-state index in [0.29, 0.717) is 0 Å². The van der Waals surface area contributed by atoms with Crippen molar-refractivity contribution in [2.75, 3.05) is 18.9 Å². The number of anilines is 1. The molecule has 10 atom stereocenters. The van der Waals surface area contributed by atoms with Crippen molar-refractivity contribution in [3.05, 3.63) is 42.7 Å². The average molecular weight is 662 g/mol. The van der Waals surface area contributed by atoms with Gasteiger partial charge in [0.15, 0.2) is 36.2 Å². The Hall–Kier alpha value is -3.01. The minimum atomic E-state index is -5.68. The summed E-state index contributed by atoms with van der Waals surface area (Å²) in [6.07, 6.45) is -7.26. The van der Waals surface area contributed by atoms with Crippen LogP contribution in [0.5, 0.6) is 0 Å². The quantitative estimate of drug-likeness (QED) is 0.0835. The number of nitrogens with zero attached hydrogens (tertiary/aromatic N) is 5. The third-order valence-corrected chi connectivity index (χ3v) is 9.26. The van der Waals surface area contributed by atoms with Crippen molar-refractivity contribution in [3.8, 4) is 0 Å². The van der Waals surface area contributed by atoms with Gasteiger partial charge in [0.05, 0.1) is 19.5 Å². The highest BCUT2D eigenvalue weighted by atomic mass is 31.3. The number of nitrogen functional groups attached to an aromatic ring is 1. The number of aliphatic hydroxyl groups is 4. The molecule has 8 N–H and O–H groups in total. The topological polar surface area (TPSA) is 324 Å². The fraction of sp³-hybridized carbons (Fsp3) is 0.476. The van der Waals surface area contributed by atoms with Crippen molar-refractivity contribution in [3.63, 3.8) is 0 Å². The van der Waals surface area contributed by atoms with Crippen LogP contribution in [0.4, 0.5) is 5.82 Å². The summed E-state index contributed by atoms with van der Waals surface area (Å²) in [5.41, 5.74) is 11.3. The molecule has 44 heavy (non-hydrogen) atoms. The zero-order valence-electron chi connectivity index (χ0n) is 22.2. The molecule has 2 aliphatic rings. The zero-order chi connectivity index (χ0) is 32.0. The van der Waals surface area contributed by atoms with E-state index in [1.807, 2.05) is 0 Å². The fourth-order valence-corrected chi connectivity index (χ4v) is 6.58. The standard InChI is InChI=1S/C21H27N7O14P2/c22-17-12-19(25-7-24-17)28(8-26-12)21-16(32)14(30)11(41-21)6-39-44(36,37)42-43(34,35)38-5-10-13(29)15(31)20(40-10)27-3-1-2-9(4-27)18(23)33/h1-4,7-8,10-11,13-16,20-21,29-32H,5-6H2,(H5-,22,23,24,25,33,34,35,36,37)/p-1/t10-,11-,13-,14-,15-,16-,20-,21-/m1/s1. The Bertz CT molecular complexity index is 1630. The van der Waals surface area contributed by atoms with Crippen molar-refractivity contribution < 1.29 is 71.5 Å². The highest BCUT2D eigenvalue weighted by Crippen LogP contribution is 2.56. The van der Waals surface area contributed by atoms with Gasteiger partial charge in [-0.1, -0.05) is 0 Å². The number of amides is 1. The monoisotopic (exact) mass is 662 g/mol. The number of hydrogen-bond acceptors (Lipinski definition) is 18. The van der Waals surface area contributed by atoms with Gasteiger partial charge in [-0.25, -0.2) is 19.3 Å². The summed E-state index contributed by atoms with van der Waals surface area (Å²) in [6, 6.07) is 2.80. The van der Waals surface area contributed by atoms with Gasteiger partial charge in [-0.2, -0.15) is 4.57 Å². The van der Waals surface area contributed by atoms with Crippen LogP contribution in [0.3, 0.4) is 0 Å². The number of fused-ring (bicyclic) bond motifs is 1. The molecular formula is C21H26N7O14P2-. The number of phosphoric ester groups is 2. The lowest BCUT2D eigenvalue weighted by Crippen LogP contribution is -2.46. The second kappa shape index (κ2) is 12.4. The predicted octanol–water partition coefficient (Wildman–Crippen LogP) is -4.28. The number of carbonyl (C=O) groups excluding carboxylic acids is 1. The molecule has 5 heterocycles. The largest absolute Gasteiger partial charge is 0.756 e. The summed E-state index contributed by atoms with van der Waals surface area (Å²) in [7, 11) is -11.4. The molecule has 2 saturated heterocycles. The summed E-state index contributed by atoms with van der Waals surface area (Å²) >= 11 is 0. The highest BCUT2D eigenvalue weighted by molar-refractivity contribution is 7.59. The third-order valence-electron chi connectivity index (χ3n) is 6.73. The molecular weight excluding hydrogens is 636 g/mol. The van der Waals surface area contributed by atoms with Gasteiger partial charge in [-0.3, -0.25) is 18.5 Å². The molecule has 0 aliphatic carbocycles. The van der Waals surface area contributed by atoms with E-state index >= 15 is 0 Å². The molecule has 21 nitrogen and oxygen atoms in total. The van der Waals surface area contributed by atoms with Gasteiger partial charge in [0.25, 0.3) is 27.8 Å². The number of hydrogen-bond donors (Lipinski definition) is 6. The van der Waals surface area contributed by atoms with Crippen LogP contribution in [0.25, 0.3) is 11.2 Å². The SMILES string of the molecule is NC(=O)c1ccc[n+]([C@@H]2O[C@H](COP(=O)([O-])OP(=O)([O-])OC[C@H]3O[C@@H](n4cnc5c(N)ncnc54)[C@H](O)[C@@H]3O)[C@@H](O)[C@H]2O)c1. The van der Waals surface area contributed by atoms with Crippen LogP contribution >= 0.6 is 15.6 Å². The van der Waals surface area contributed by atoms with Gasteiger partial charge >= 0.3 is 0 Å². The average Bonchev–Trinajstić information content (AvgIpc) is 3.61.